The number of aliphatic hydroxyl groups excluding tert-OH is 1. The van der Waals surface area contributed by atoms with E-state index < -0.39 is 0 Å². The summed E-state index contributed by atoms with van der Waals surface area (Å²) in [6, 6.07) is 5.26. The van der Waals surface area contributed by atoms with E-state index in [1.54, 1.807) is 30.2 Å². The second-order valence-electron chi connectivity index (χ2n) is 4.97. The largest absolute Gasteiger partial charge is 0.493 e. The molecule has 5 nitrogen and oxygen atoms in total. The highest BCUT2D eigenvalue weighted by Gasteiger charge is 2.19. The van der Waals surface area contributed by atoms with Crippen LogP contribution in [0.15, 0.2) is 18.2 Å². The molecule has 0 fully saturated rings. The number of carbonyl (C=O) groups is 1. The predicted octanol–water partition coefficient (Wildman–Crippen LogP) is 2.33. The lowest BCUT2D eigenvalue weighted by atomic mass is 10.1. The highest BCUT2D eigenvalue weighted by atomic mass is 16.5. The van der Waals surface area contributed by atoms with Crippen LogP contribution >= 0.6 is 0 Å². The van der Waals surface area contributed by atoms with E-state index in [0.717, 1.165) is 0 Å². The Bertz CT molecular complexity index is 460. The molecule has 0 heterocycles. The van der Waals surface area contributed by atoms with Gasteiger partial charge in [-0.3, -0.25) is 4.79 Å². The number of hydrogen-bond donors (Lipinski definition) is 1. The van der Waals surface area contributed by atoms with Gasteiger partial charge in [-0.15, -0.1) is 0 Å². The molecule has 0 unspecified atom stereocenters. The number of rotatable bonds is 8. The van der Waals surface area contributed by atoms with Crippen molar-refractivity contribution < 1.29 is 19.4 Å². The van der Waals surface area contributed by atoms with Gasteiger partial charge in [-0.1, -0.05) is 0 Å². The number of benzene rings is 1. The Morgan fingerprint density at radius 2 is 2.05 bits per heavy atom. The first kappa shape index (κ1) is 17.3. The van der Waals surface area contributed by atoms with Crippen LogP contribution in [0.1, 0.15) is 37.6 Å². The van der Waals surface area contributed by atoms with Crippen molar-refractivity contribution in [3.63, 3.8) is 0 Å². The molecule has 0 saturated carbocycles. The number of aliphatic hydroxyl groups is 1. The van der Waals surface area contributed by atoms with Gasteiger partial charge in [-0.2, -0.15) is 0 Å². The van der Waals surface area contributed by atoms with E-state index in [9.17, 15) is 4.79 Å². The predicted molar refractivity (Wildman–Crippen MR) is 82.0 cm³/mol. The fourth-order valence-corrected chi connectivity index (χ4v) is 2.08. The Labute approximate surface area is 126 Å². The molecule has 0 bridgehead atoms. The van der Waals surface area contributed by atoms with Crippen molar-refractivity contribution in [3.8, 4) is 11.5 Å². The van der Waals surface area contributed by atoms with Crippen LogP contribution in [-0.4, -0.2) is 48.8 Å². The van der Waals surface area contributed by atoms with E-state index in [0.29, 0.717) is 36.6 Å². The summed E-state index contributed by atoms with van der Waals surface area (Å²) in [5.74, 6) is 1.11. The van der Waals surface area contributed by atoms with Gasteiger partial charge in [0.25, 0.3) is 5.91 Å². The summed E-state index contributed by atoms with van der Waals surface area (Å²) in [6.07, 6.45) is 0.568. The molecule has 0 spiro atoms. The molecule has 118 valence electrons. The molecule has 21 heavy (non-hydrogen) atoms. The second kappa shape index (κ2) is 8.52. The van der Waals surface area contributed by atoms with E-state index in [1.807, 2.05) is 20.8 Å². The van der Waals surface area contributed by atoms with Gasteiger partial charge in [0.2, 0.25) is 0 Å². The number of carbonyl (C=O) groups excluding carboxylic acids is 1. The molecule has 1 amide bonds. The van der Waals surface area contributed by atoms with Gasteiger partial charge in [0, 0.05) is 24.8 Å². The van der Waals surface area contributed by atoms with Crippen LogP contribution < -0.4 is 9.47 Å². The molecule has 0 radical (unpaired) electrons. The summed E-state index contributed by atoms with van der Waals surface area (Å²) in [5, 5.41) is 8.95. The van der Waals surface area contributed by atoms with Crippen LogP contribution in [0.2, 0.25) is 0 Å². The van der Waals surface area contributed by atoms with Crippen molar-refractivity contribution in [1.29, 1.82) is 0 Å². The van der Waals surface area contributed by atoms with Crippen molar-refractivity contribution in [2.75, 3.05) is 26.9 Å². The Balaban J connectivity index is 2.99. The molecular formula is C16H25NO4. The third-order valence-electron chi connectivity index (χ3n) is 3.15. The Morgan fingerprint density at radius 3 is 2.57 bits per heavy atom. The van der Waals surface area contributed by atoms with Crippen molar-refractivity contribution >= 4 is 5.91 Å². The number of hydrogen-bond acceptors (Lipinski definition) is 4. The molecule has 0 aromatic heterocycles. The third-order valence-corrected chi connectivity index (χ3v) is 3.15. The number of nitrogens with zero attached hydrogens (tertiary/aromatic N) is 1. The molecular weight excluding hydrogens is 270 g/mol. The molecule has 5 heteroatoms. The summed E-state index contributed by atoms with van der Waals surface area (Å²) in [4.78, 5) is 14.3. The topological polar surface area (TPSA) is 59.0 Å². The second-order valence-corrected chi connectivity index (χ2v) is 4.97. The maximum atomic E-state index is 12.6. The smallest absolute Gasteiger partial charge is 0.254 e. The molecule has 1 aromatic carbocycles. The van der Waals surface area contributed by atoms with E-state index in [1.165, 1.54) is 0 Å². The molecule has 0 aliphatic rings. The molecule has 0 atom stereocenters. The first-order valence-corrected chi connectivity index (χ1v) is 7.27. The van der Waals surface area contributed by atoms with Crippen molar-refractivity contribution in [2.45, 2.75) is 33.2 Å². The first-order valence-electron chi connectivity index (χ1n) is 7.27. The maximum absolute atomic E-state index is 12.6. The van der Waals surface area contributed by atoms with Crippen LogP contribution in [-0.2, 0) is 0 Å². The van der Waals surface area contributed by atoms with Gasteiger partial charge >= 0.3 is 0 Å². The molecule has 1 rings (SSSR count). The third kappa shape index (κ3) is 4.63. The summed E-state index contributed by atoms with van der Waals surface area (Å²) >= 11 is 0. The summed E-state index contributed by atoms with van der Waals surface area (Å²) < 4.78 is 10.7. The quantitative estimate of drug-likeness (QED) is 0.799. The molecule has 0 aliphatic heterocycles. The summed E-state index contributed by atoms with van der Waals surface area (Å²) in [6.45, 7) is 6.96. The van der Waals surface area contributed by atoms with Crippen LogP contribution in [0, 0.1) is 0 Å². The minimum atomic E-state index is -0.0696. The zero-order valence-corrected chi connectivity index (χ0v) is 13.3. The minimum Gasteiger partial charge on any atom is -0.493 e. The van der Waals surface area contributed by atoms with Gasteiger partial charge in [0.1, 0.15) is 0 Å². The SMILES string of the molecule is CCOc1ccc(C(=O)N(CCCO)C(C)C)cc1OC. The number of methoxy groups -OCH3 is 1. The van der Waals surface area contributed by atoms with E-state index in [4.69, 9.17) is 14.6 Å². The van der Waals surface area contributed by atoms with Crippen LogP contribution in [0.4, 0.5) is 0 Å². The van der Waals surface area contributed by atoms with Crippen molar-refractivity contribution in [1.82, 2.24) is 4.90 Å². The van der Waals surface area contributed by atoms with Gasteiger partial charge < -0.3 is 19.5 Å². The Hall–Kier alpha value is -1.75. The fraction of sp³-hybridized carbons (Fsp3) is 0.562. The summed E-state index contributed by atoms with van der Waals surface area (Å²) in [7, 11) is 1.55. The van der Waals surface area contributed by atoms with Gasteiger partial charge in [-0.25, -0.2) is 0 Å². The number of ether oxygens (including phenoxy) is 2. The van der Waals surface area contributed by atoms with Crippen LogP contribution in [0.3, 0.4) is 0 Å². The zero-order valence-electron chi connectivity index (χ0n) is 13.3. The van der Waals surface area contributed by atoms with E-state index in [2.05, 4.69) is 0 Å². The summed E-state index contributed by atoms with van der Waals surface area (Å²) in [5.41, 5.74) is 0.557. The van der Waals surface area contributed by atoms with Crippen molar-refractivity contribution in [3.05, 3.63) is 23.8 Å². The lowest BCUT2D eigenvalue weighted by molar-refractivity contribution is 0.0692. The normalized spacial score (nSPS) is 10.6. The lowest BCUT2D eigenvalue weighted by Gasteiger charge is -2.27. The number of amides is 1. The van der Waals surface area contributed by atoms with E-state index in [-0.39, 0.29) is 18.6 Å². The van der Waals surface area contributed by atoms with Crippen molar-refractivity contribution in [2.24, 2.45) is 0 Å². The average molecular weight is 295 g/mol. The molecule has 1 aromatic rings. The van der Waals surface area contributed by atoms with Gasteiger partial charge in [0.05, 0.1) is 13.7 Å². The van der Waals surface area contributed by atoms with Crippen LogP contribution in [0.25, 0.3) is 0 Å². The van der Waals surface area contributed by atoms with E-state index >= 15 is 0 Å². The van der Waals surface area contributed by atoms with Gasteiger partial charge in [-0.05, 0) is 45.4 Å². The first-order chi connectivity index (χ1) is 10.0. The molecule has 1 N–H and O–H groups in total. The zero-order chi connectivity index (χ0) is 15.8. The maximum Gasteiger partial charge on any atom is 0.254 e. The average Bonchev–Trinajstić information content (AvgIpc) is 2.47. The standard InChI is InChI=1S/C16H25NO4/c1-5-21-14-8-7-13(11-15(14)20-4)16(19)17(12(2)3)9-6-10-18/h7-8,11-12,18H,5-6,9-10H2,1-4H3. The minimum absolute atomic E-state index is 0.0696. The Morgan fingerprint density at radius 1 is 1.33 bits per heavy atom. The monoisotopic (exact) mass is 295 g/mol. The fourth-order valence-electron chi connectivity index (χ4n) is 2.08. The lowest BCUT2D eigenvalue weighted by Crippen LogP contribution is -2.38. The van der Waals surface area contributed by atoms with Crippen LogP contribution in [0.5, 0.6) is 11.5 Å². The molecule has 0 aliphatic carbocycles. The highest BCUT2D eigenvalue weighted by molar-refractivity contribution is 5.95. The Kier molecular flexibility index (Phi) is 7.02. The van der Waals surface area contributed by atoms with Gasteiger partial charge in [0.15, 0.2) is 11.5 Å². The highest BCUT2D eigenvalue weighted by Crippen LogP contribution is 2.28. The molecule has 0 saturated heterocycles.